The fourth-order valence-electron chi connectivity index (χ4n) is 1.79. The van der Waals surface area contributed by atoms with Crippen molar-refractivity contribution < 1.29 is 0 Å². The first-order valence-corrected chi connectivity index (χ1v) is 6.62. The summed E-state index contributed by atoms with van der Waals surface area (Å²) in [4.78, 5) is 2.73. The second-order valence-electron chi connectivity index (χ2n) is 4.28. The van der Waals surface area contributed by atoms with E-state index in [1.807, 2.05) is 0 Å². The van der Waals surface area contributed by atoms with Crippen LogP contribution in [-0.2, 0) is 0 Å². The molecule has 0 atom stereocenters. The summed E-state index contributed by atoms with van der Waals surface area (Å²) >= 11 is 0. The van der Waals surface area contributed by atoms with E-state index < -0.39 is 0 Å². The van der Waals surface area contributed by atoms with Crippen LogP contribution in [0.5, 0.6) is 0 Å². The van der Waals surface area contributed by atoms with Gasteiger partial charge in [-0.25, -0.2) is 0 Å². The van der Waals surface area contributed by atoms with Gasteiger partial charge >= 0.3 is 0 Å². The molecule has 0 unspecified atom stereocenters. The lowest BCUT2D eigenvalue weighted by Gasteiger charge is -2.01. The minimum absolute atomic E-state index is 0.662. The minimum atomic E-state index is 0.662. The second kappa shape index (κ2) is 14.3. The van der Waals surface area contributed by atoms with Crippen molar-refractivity contribution in [2.45, 2.75) is 64.2 Å². The van der Waals surface area contributed by atoms with E-state index >= 15 is 0 Å². The maximum atomic E-state index is 8.08. The number of rotatable bonds is 12. The molecule has 2 N–H and O–H groups in total. The molecule has 4 nitrogen and oxygen atoms in total. The molecular formula is C12H26N4. The molecule has 0 aromatic heterocycles. The smallest absolute Gasteiger partial charge is 0.0257 e. The van der Waals surface area contributed by atoms with Crippen LogP contribution in [0.15, 0.2) is 5.11 Å². The van der Waals surface area contributed by atoms with Gasteiger partial charge in [0.2, 0.25) is 0 Å². The van der Waals surface area contributed by atoms with Gasteiger partial charge in [0.05, 0.1) is 0 Å². The summed E-state index contributed by atoms with van der Waals surface area (Å²) in [5.41, 5.74) is 13.5. The molecule has 94 valence electrons. The molecule has 16 heavy (non-hydrogen) atoms. The first kappa shape index (κ1) is 15.3. The van der Waals surface area contributed by atoms with Crippen molar-refractivity contribution in [1.29, 1.82) is 0 Å². The third-order valence-electron chi connectivity index (χ3n) is 2.78. The number of nitrogens with zero attached hydrogens (tertiary/aromatic N) is 3. The van der Waals surface area contributed by atoms with Gasteiger partial charge in [-0.1, -0.05) is 56.5 Å². The van der Waals surface area contributed by atoms with E-state index in [1.54, 1.807) is 0 Å². The third kappa shape index (κ3) is 13.3. The largest absolute Gasteiger partial charge is 0.330 e. The number of nitrogens with two attached hydrogens (primary N) is 1. The van der Waals surface area contributed by atoms with Crippen molar-refractivity contribution in [2.24, 2.45) is 10.8 Å². The summed E-state index contributed by atoms with van der Waals surface area (Å²) in [6.45, 7) is 1.50. The van der Waals surface area contributed by atoms with Gasteiger partial charge in [0.15, 0.2) is 0 Å². The Morgan fingerprint density at radius 2 is 1.19 bits per heavy atom. The Balaban J connectivity index is 2.90. The zero-order chi connectivity index (χ0) is 11.9. The van der Waals surface area contributed by atoms with Crippen molar-refractivity contribution >= 4 is 0 Å². The van der Waals surface area contributed by atoms with Crippen molar-refractivity contribution in [2.75, 3.05) is 13.1 Å². The lowest BCUT2D eigenvalue weighted by molar-refractivity contribution is 0.554. The molecule has 0 aliphatic carbocycles. The molecule has 0 bridgehead atoms. The third-order valence-corrected chi connectivity index (χ3v) is 2.78. The van der Waals surface area contributed by atoms with E-state index in [1.165, 1.54) is 57.8 Å². The van der Waals surface area contributed by atoms with Gasteiger partial charge < -0.3 is 5.73 Å². The van der Waals surface area contributed by atoms with Crippen molar-refractivity contribution in [1.82, 2.24) is 0 Å². The Morgan fingerprint density at radius 3 is 1.62 bits per heavy atom. The highest BCUT2D eigenvalue weighted by atomic mass is 15.1. The number of azide groups is 1. The molecule has 0 aliphatic heterocycles. The molecule has 0 fully saturated rings. The molecule has 0 aromatic rings. The van der Waals surface area contributed by atoms with Crippen molar-refractivity contribution in [3.63, 3.8) is 0 Å². The number of hydrogen-bond acceptors (Lipinski definition) is 2. The Kier molecular flexibility index (Phi) is 13.6. The maximum absolute atomic E-state index is 8.08. The molecule has 0 heterocycles. The van der Waals surface area contributed by atoms with Gasteiger partial charge in [0.25, 0.3) is 0 Å². The molecule has 4 heteroatoms. The maximum Gasteiger partial charge on any atom is 0.0257 e. The van der Waals surface area contributed by atoms with Crippen LogP contribution in [0, 0.1) is 0 Å². The van der Waals surface area contributed by atoms with Crippen LogP contribution in [0.4, 0.5) is 0 Å². The minimum Gasteiger partial charge on any atom is -0.330 e. The predicted molar refractivity (Wildman–Crippen MR) is 69.2 cm³/mol. The molecule has 0 amide bonds. The van der Waals surface area contributed by atoms with Crippen LogP contribution in [0.1, 0.15) is 64.2 Å². The highest BCUT2D eigenvalue weighted by Gasteiger charge is 1.92. The van der Waals surface area contributed by atoms with Crippen LogP contribution in [0.2, 0.25) is 0 Å². The Labute approximate surface area is 99.2 Å². The van der Waals surface area contributed by atoms with E-state index in [2.05, 4.69) is 10.0 Å². The summed E-state index contributed by atoms with van der Waals surface area (Å²) < 4.78 is 0. The summed E-state index contributed by atoms with van der Waals surface area (Å²) in [5, 5.41) is 3.52. The molecular weight excluding hydrogens is 200 g/mol. The Hall–Kier alpha value is -0.730. The van der Waals surface area contributed by atoms with Gasteiger partial charge in [-0.2, -0.15) is 0 Å². The summed E-state index contributed by atoms with van der Waals surface area (Å²) in [7, 11) is 0. The van der Waals surface area contributed by atoms with E-state index in [4.69, 9.17) is 11.3 Å². The van der Waals surface area contributed by atoms with Crippen LogP contribution in [0.25, 0.3) is 10.4 Å². The van der Waals surface area contributed by atoms with Crippen molar-refractivity contribution in [3.8, 4) is 0 Å². The van der Waals surface area contributed by atoms with Gasteiger partial charge in [0, 0.05) is 11.5 Å². The monoisotopic (exact) mass is 226 g/mol. The Morgan fingerprint density at radius 1 is 0.750 bits per heavy atom. The Bertz CT molecular complexity index is 176. The second-order valence-corrected chi connectivity index (χ2v) is 4.28. The van der Waals surface area contributed by atoms with Crippen LogP contribution >= 0.6 is 0 Å². The molecule has 0 aromatic carbocycles. The molecule has 0 saturated carbocycles. The van der Waals surface area contributed by atoms with Crippen LogP contribution < -0.4 is 5.73 Å². The molecule has 0 saturated heterocycles. The zero-order valence-electron chi connectivity index (χ0n) is 10.4. The van der Waals surface area contributed by atoms with E-state index in [9.17, 15) is 0 Å². The first-order chi connectivity index (χ1) is 7.91. The lowest BCUT2D eigenvalue weighted by Crippen LogP contribution is -1.97. The highest BCUT2D eigenvalue weighted by molar-refractivity contribution is 4.50. The normalized spacial score (nSPS) is 10.1. The van der Waals surface area contributed by atoms with Gasteiger partial charge in [-0.05, 0) is 24.9 Å². The molecule has 0 radical (unpaired) electrons. The molecule has 0 aliphatic rings. The number of hydrogen-bond donors (Lipinski definition) is 1. The SMILES string of the molecule is [N-]=[N+]=NCCCCCCCCCCCCN. The van der Waals surface area contributed by atoms with Crippen molar-refractivity contribution in [3.05, 3.63) is 10.4 Å². The van der Waals surface area contributed by atoms with E-state index in [0.29, 0.717) is 6.54 Å². The fourth-order valence-corrected chi connectivity index (χ4v) is 1.79. The highest BCUT2D eigenvalue weighted by Crippen LogP contribution is 2.10. The standard InChI is InChI=1S/C12H26N4/c13-11-9-7-5-3-1-2-4-6-8-10-12-15-16-14/h1-13H2. The number of unbranched alkanes of at least 4 members (excludes halogenated alkanes) is 9. The van der Waals surface area contributed by atoms with E-state index in [-0.39, 0.29) is 0 Å². The van der Waals surface area contributed by atoms with Crippen LogP contribution in [0.3, 0.4) is 0 Å². The van der Waals surface area contributed by atoms with Gasteiger partial charge in [-0.3, -0.25) is 0 Å². The van der Waals surface area contributed by atoms with E-state index in [0.717, 1.165) is 13.0 Å². The quantitative estimate of drug-likeness (QED) is 0.231. The average molecular weight is 226 g/mol. The predicted octanol–water partition coefficient (Wildman–Crippen LogP) is 4.16. The topological polar surface area (TPSA) is 74.8 Å². The van der Waals surface area contributed by atoms with Crippen LogP contribution in [-0.4, -0.2) is 13.1 Å². The lowest BCUT2D eigenvalue weighted by atomic mass is 10.1. The zero-order valence-corrected chi connectivity index (χ0v) is 10.4. The fraction of sp³-hybridized carbons (Fsp3) is 1.00. The van der Waals surface area contributed by atoms with Gasteiger partial charge in [0.1, 0.15) is 0 Å². The first-order valence-electron chi connectivity index (χ1n) is 6.62. The summed E-state index contributed by atoms with van der Waals surface area (Å²) in [5.74, 6) is 0. The average Bonchev–Trinajstić information content (AvgIpc) is 2.31. The van der Waals surface area contributed by atoms with Gasteiger partial charge in [-0.15, -0.1) is 0 Å². The summed E-state index contributed by atoms with van der Waals surface area (Å²) in [6, 6.07) is 0. The molecule has 0 rings (SSSR count). The molecule has 0 spiro atoms. The summed E-state index contributed by atoms with van der Waals surface area (Å²) in [6.07, 6.45) is 12.7.